The van der Waals surface area contributed by atoms with Gasteiger partial charge in [0, 0.05) is 18.0 Å². The van der Waals surface area contributed by atoms with Gasteiger partial charge in [-0.25, -0.2) is 0 Å². The minimum atomic E-state index is 0.208. The molecule has 0 fully saturated rings. The van der Waals surface area contributed by atoms with Crippen LogP contribution in [0.25, 0.3) is 11.0 Å². The van der Waals surface area contributed by atoms with E-state index in [1.807, 2.05) is 24.3 Å². The van der Waals surface area contributed by atoms with E-state index in [1.165, 1.54) is 0 Å². The molecule has 2 aromatic rings. The van der Waals surface area contributed by atoms with E-state index in [9.17, 15) is 0 Å². The molecule has 0 aliphatic rings. The molecule has 0 radical (unpaired) electrons. The number of aliphatic hydroxyl groups excluding tert-OH is 1. The van der Waals surface area contributed by atoms with Crippen molar-refractivity contribution in [3.05, 3.63) is 30.0 Å². The summed E-state index contributed by atoms with van der Waals surface area (Å²) in [4.78, 5) is 0. The number of hydrogen-bond donors (Lipinski definition) is 2. The van der Waals surface area contributed by atoms with Gasteiger partial charge in [0.15, 0.2) is 11.3 Å². The molecule has 0 aliphatic carbocycles. The van der Waals surface area contributed by atoms with Crippen LogP contribution in [0.5, 0.6) is 5.75 Å². The largest absolute Gasteiger partial charge is 0.493 e. The molecule has 0 bridgehead atoms. The fourth-order valence-electron chi connectivity index (χ4n) is 2.19. The number of para-hydroxylation sites is 1. The van der Waals surface area contributed by atoms with Gasteiger partial charge in [0.25, 0.3) is 0 Å². The van der Waals surface area contributed by atoms with Crippen LogP contribution in [-0.2, 0) is 6.54 Å². The van der Waals surface area contributed by atoms with Crippen molar-refractivity contribution in [1.82, 2.24) is 5.32 Å². The maximum atomic E-state index is 8.97. The van der Waals surface area contributed by atoms with Gasteiger partial charge in [-0.15, -0.1) is 0 Å². The molecule has 104 valence electrons. The second kappa shape index (κ2) is 6.59. The Morgan fingerprint density at radius 2 is 2.26 bits per heavy atom. The SMILES string of the molecule is CCC(CCO)NCc1cc2cccc(OC)c2o1. The van der Waals surface area contributed by atoms with Crippen molar-refractivity contribution in [3.63, 3.8) is 0 Å². The number of nitrogens with one attached hydrogen (secondary N) is 1. The lowest BCUT2D eigenvalue weighted by molar-refractivity contribution is 0.260. The molecule has 1 aromatic carbocycles. The Hall–Kier alpha value is -1.52. The van der Waals surface area contributed by atoms with E-state index in [1.54, 1.807) is 7.11 Å². The van der Waals surface area contributed by atoms with Gasteiger partial charge in [0.1, 0.15) is 5.76 Å². The molecule has 0 spiro atoms. The Labute approximate surface area is 113 Å². The maximum Gasteiger partial charge on any atom is 0.176 e. The van der Waals surface area contributed by atoms with Gasteiger partial charge < -0.3 is 19.6 Å². The highest BCUT2D eigenvalue weighted by Gasteiger charge is 2.10. The Kier molecular flexibility index (Phi) is 4.82. The van der Waals surface area contributed by atoms with E-state index in [4.69, 9.17) is 14.3 Å². The van der Waals surface area contributed by atoms with E-state index in [0.29, 0.717) is 12.6 Å². The molecule has 1 aromatic heterocycles. The smallest absolute Gasteiger partial charge is 0.176 e. The zero-order valence-corrected chi connectivity index (χ0v) is 11.5. The molecule has 1 atom stereocenters. The number of aliphatic hydroxyl groups is 1. The Morgan fingerprint density at radius 1 is 1.42 bits per heavy atom. The molecule has 4 nitrogen and oxygen atoms in total. The van der Waals surface area contributed by atoms with Crippen LogP contribution in [-0.4, -0.2) is 24.9 Å². The Balaban J connectivity index is 2.09. The van der Waals surface area contributed by atoms with E-state index < -0.39 is 0 Å². The van der Waals surface area contributed by atoms with Crippen molar-refractivity contribution in [2.45, 2.75) is 32.4 Å². The van der Waals surface area contributed by atoms with Crippen LogP contribution in [0.3, 0.4) is 0 Å². The minimum absolute atomic E-state index is 0.208. The topological polar surface area (TPSA) is 54.6 Å². The summed E-state index contributed by atoms with van der Waals surface area (Å²) in [6, 6.07) is 8.20. The average Bonchev–Trinajstić information content (AvgIpc) is 2.86. The maximum absolute atomic E-state index is 8.97. The van der Waals surface area contributed by atoms with Crippen LogP contribution in [0, 0.1) is 0 Å². The highest BCUT2D eigenvalue weighted by molar-refractivity contribution is 5.83. The van der Waals surface area contributed by atoms with Crippen molar-refractivity contribution in [3.8, 4) is 5.75 Å². The molecule has 2 N–H and O–H groups in total. The molecule has 0 amide bonds. The fraction of sp³-hybridized carbons (Fsp3) is 0.467. The number of fused-ring (bicyclic) bond motifs is 1. The van der Waals surface area contributed by atoms with E-state index in [-0.39, 0.29) is 6.61 Å². The van der Waals surface area contributed by atoms with Gasteiger partial charge >= 0.3 is 0 Å². The molecule has 19 heavy (non-hydrogen) atoms. The zero-order chi connectivity index (χ0) is 13.7. The summed E-state index contributed by atoms with van der Waals surface area (Å²) < 4.78 is 11.1. The second-order valence-corrected chi connectivity index (χ2v) is 4.59. The van der Waals surface area contributed by atoms with Gasteiger partial charge in [-0.1, -0.05) is 19.1 Å². The number of benzene rings is 1. The first-order valence-electron chi connectivity index (χ1n) is 6.68. The van der Waals surface area contributed by atoms with E-state index in [0.717, 1.165) is 35.3 Å². The van der Waals surface area contributed by atoms with Crippen LogP contribution in [0.1, 0.15) is 25.5 Å². The van der Waals surface area contributed by atoms with Crippen molar-refractivity contribution in [1.29, 1.82) is 0 Å². The number of hydrogen-bond acceptors (Lipinski definition) is 4. The lowest BCUT2D eigenvalue weighted by atomic mass is 10.1. The van der Waals surface area contributed by atoms with Crippen LogP contribution in [0.15, 0.2) is 28.7 Å². The van der Waals surface area contributed by atoms with E-state index >= 15 is 0 Å². The third kappa shape index (κ3) is 3.28. The summed E-state index contributed by atoms with van der Waals surface area (Å²) in [6.07, 6.45) is 1.75. The lowest BCUT2D eigenvalue weighted by Crippen LogP contribution is -2.28. The first-order valence-corrected chi connectivity index (χ1v) is 6.68. The Bertz CT molecular complexity index is 521. The third-order valence-corrected chi connectivity index (χ3v) is 3.31. The van der Waals surface area contributed by atoms with Crippen molar-refractivity contribution in [2.75, 3.05) is 13.7 Å². The van der Waals surface area contributed by atoms with Gasteiger partial charge in [-0.3, -0.25) is 0 Å². The first kappa shape index (κ1) is 13.9. The molecule has 1 unspecified atom stereocenters. The average molecular weight is 263 g/mol. The quantitative estimate of drug-likeness (QED) is 0.806. The predicted molar refractivity (Wildman–Crippen MR) is 75.4 cm³/mol. The summed E-state index contributed by atoms with van der Waals surface area (Å²) in [6.45, 7) is 2.98. The molecular formula is C15H21NO3. The molecular weight excluding hydrogens is 242 g/mol. The van der Waals surface area contributed by atoms with Crippen molar-refractivity contribution < 1.29 is 14.3 Å². The minimum Gasteiger partial charge on any atom is -0.493 e. The Morgan fingerprint density at radius 3 is 2.95 bits per heavy atom. The van der Waals surface area contributed by atoms with E-state index in [2.05, 4.69) is 12.2 Å². The lowest BCUT2D eigenvalue weighted by Gasteiger charge is -2.14. The van der Waals surface area contributed by atoms with Crippen molar-refractivity contribution >= 4 is 11.0 Å². The monoisotopic (exact) mass is 263 g/mol. The van der Waals surface area contributed by atoms with Crippen molar-refractivity contribution in [2.24, 2.45) is 0 Å². The summed E-state index contributed by atoms with van der Waals surface area (Å²) >= 11 is 0. The summed E-state index contributed by atoms with van der Waals surface area (Å²) in [5.41, 5.74) is 0.789. The van der Waals surface area contributed by atoms with Crippen LogP contribution < -0.4 is 10.1 Å². The zero-order valence-electron chi connectivity index (χ0n) is 11.5. The van der Waals surface area contributed by atoms with Gasteiger partial charge in [0.2, 0.25) is 0 Å². The fourth-order valence-corrected chi connectivity index (χ4v) is 2.19. The number of methoxy groups -OCH3 is 1. The summed E-state index contributed by atoms with van der Waals surface area (Å²) in [5.74, 6) is 1.64. The molecule has 4 heteroatoms. The summed E-state index contributed by atoms with van der Waals surface area (Å²) in [7, 11) is 1.64. The molecule has 1 heterocycles. The second-order valence-electron chi connectivity index (χ2n) is 4.59. The van der Waals surface area contributed by atoms with Gasteiger partial charge in [-0.05, 0) is 25.0 Å². The highest BCUT2D eigenvalue weighted by atomic mass is 16.5. The molecule has 2 rings (SSSR count). The molecule has 0 saturated heterocycles. The van der Waals surface area contributed by atoms with Crippen LogP contribution in [0.4, 0.5) is 0 Å². The first-order chi connectivity index (χ1) is 9.28. The highest BCUT2D eigenvalue weighted by Crippen LogP contribution is 2.28. The number of rotatable bonds is 7. The predicted octanol–water partition coefficient (Wildman–Crippen LogP) is 2.69. The molecule has 0 saturated carbocycles. The van der Waals surface area contributed by atoms with Gasteiger partial charge in [0.05, 0.1) is 13.7 Å². The van der Waals surface area contributed by atoms with Crippen LogP contribution in [0.2, 0.25) is 0 Å². The summed E-state index contributed by atoms with van der Waals surface area (Å²) in [5, 5.41) is 13.4. The number of furan rings is 1. The normalized spacial score (nSPS) is 12.8. The standard InChI is InChI=1S/C15H21NO3/c1-3-12(7-8-17)16-10-13-9-11-5-4-6-14(18-2)15(11)19-13/h4-6,9,12,16-17H,3,7-8,10H2,1-2H3. The third-order valence-electron chi connectivity index (χ3n) is 3.31. The van der Waals surface area contributed by atoms with Crippen LogP contribution >= 0.6 is 0 Å². The number of ether oxygens (including phenoxy) is 1. The van der Waals surface area contributed by atoms with Gasteiger partial charge in [-0.2, -0.15) is 0 Å². The molecule has 0 aliphatic heterocycles.